The van der Waals surface area contributed by atoms with Crippen LogP contribution < -0.4 is 10.6 Å². The van der Waals surface area contributed by atoms with Gasteiger partial charge in [0.05, 0.1) is 5.75 Å². The van der Waals surface area contributed by atoms with E-state index < -0.39 is 18.0 Å². The average Bonchev–Trinajstić information content (AvgIpc) is 2.25. The Labute approximate surface area is 99.4 Å². The molecule has 16 heavy (non-hydrogen) atoms. The van der Waals surface area contributed by atoms with Crippen LogP contribution >= 0.6 is 11.8 Å². The van der Waals surface area contributed by atoms with Crippen molar-refractivity contribution in [3.05, 3.63) is 0 Å². The molecule has 0 aliphatic heterocycles. The second-order valence-corrected chi connectivity index (χ2v) is 4.06. The van der Waals surface area contributed by atoms with E-state index in [1.54, 1.807) is 6.92 Å². The molecule has 0 aliphatic carbocycles. The third-order valence-electron chi connectivity index (χ3n) is 1.73. The fraction of sp³-hybridized carbons (Fsp3) is 0.600. The highest BCUT2D eigenvalue weighted by Gasteiger charge is 2.16. The van der Waals surface area contributed by atoms with Crippen molar-refractivity contribution < 1.29 is 14.7 Å². The summed E-state index contributed by atoms with van der Waals surface area (Å²) in [5.41, 5.74) is 0. The molecule has 0 spiro atoms. The van der Waals surface area contributed by atoms with Gasteiger partial charge in [-0.3, -0.25) is 0 Å². The van der Waals surface area contributed by atoms with Crippen LogP contribution in [0.25, 0.3) is 0 Å². The molecule has 0 unspecified atom stereocenters. The van der Waals surface area contributed by atoms with Gasteiger partial charge >= 0.3 is 12.0 Å². The topological polar surface area (TPSA) is 78.4 Å². The van der Waals surface area contributed by atoms with E-state index in [9.17, 15) is 9.59 Å². The number of aliphatic carboxylic acids is 1. The van der Waals surface area contributed by atoms with E-state index in [0.29, 0.717) is 24.5 Å². The first kappa shape index (κ1) is 14.6. The summed E-state index contributed by atoms with van der Waals surface area (Å²) in [6.07, 6.45) is 5.41. The lowest BCUT2D eigenvalue weighted by atomic mass is 10.2. The Hall–Kier alpha value is -1.35. The monoisotopic (exact) mass is 244 g/mol. The van der Waals surface area contributed by atoms with Crippen molar-refractivity contribution >= 4 is 23.8 Å². The Morgan fingerprint density at radius 1 is 1.56 bits per heavy atom. The largest absolute Gasteiger partial charge is 0.480 e. The number of rotatable bonds is 7. The van der Waals surface area contributed by atoms with E-state index in [1.807, 2.05) is 0 Å². The van der Waals surface area contributed by atoms with Crippen molar-refractivity contribution in [2.75, 3.05) is 18.1 Å². The highest BCUT2D eigenvalue weighted by Crippen LogP contribution is 1.95. The fourth-order valence-corrected chi connectivity index (χ4v) is 1.42. The zero-order valence-electron chi connectivity index (χ0n) is 9.16. The van der Waals surface area contributed by atoms with E-state index >= 15 is 0 Å². The Morgan fingerprint density at radius 2 is 2.25 bits per heavy atom. The molecule has 0 bridgehead atoms. The summed E-state index contributed by atoms with van der Waals surface area (Å²) in [5.74, 6) is 2.76. The standard InChI is InChI=1S/C10H16N2O3S/c1-3-6-16-7-5-11-10(15)12-8(4-2)9(13)14/h1,8H,4-7H2,2H3,(H,13,14)(H2,11,12,15)/t8-/m1/s1. The molecule has 0 aromatic heterocycles. The molecular formula is C10H16N2O3S. The van der Waals surface area contributed by atoms with Gasteiger partial charge < -0.3 is 15.7 Å². The zero-order valence-corrected chi connectivity index (χ0v) is 9.97. The van der Waals surface area contributed by atoms with Gasteiger partial charge in [0, 0.05) is 12.3 Å². The Balaban J connectivity index is 3.65. The normalized spacial score (nSPS) is 11.2. The molecule has 3 N–H and O–H groups in total. The average molecular weight is 244 g/mol. The molecule has 0 heterocycles. The second kappa shape index (κ2) is 8.92. The molecule has 0 aromatic rings. The minimum Gasteiger partial charge on any atom is -0.480 e. The molecule has 0 saturated carbocycles. The van der Waals surface area contributed by atoms with Crippen LogP contribution in [0.5, 0.6) is 0 Å². The predicted octanol–water partition coefficient (Wildman–Crippen LogP) is 0.515. The predicted molar refractivity (Wildman–Crippen MR) is 64.4 cm³/mol. The van der Waals surface area contributed by atoms with Crippen LogP contribution in [0, 0.1) is 12.3 Å². The first-order valence-electron chi connectivity index (χ1n) is 4.90. The van der Waals surface area contributed by atoms with Gasteiger partial charge in [-0.05, 0) is 6.42 Å². The molecule has 0 fully saturated rings. The van der Waals surface area contributed by atoms with Crippen LogP contribution in [0.3, 0.4) is 0 Å². The molecule has 2 amide bonds. The van der Waals surface area contributed by atoms with E-state index in [4.69, 9.17) is 11.5 Å². The third kappa shape index (κ3) is 7.01. The van der Waals surface area contributed by atoms with Gasteiger partial charge in [0.15, 0.2) is 0 Å². The number of carbonyl (C=O) groups excluding carboxylic acids is 1. The lowest BCUT2D eigenvalue weighted by molar-refractivity contribution is -0.139. The Morgan fingerprint density at radius 3 is 2.75 bits per heavy atom. The van der Waals surface area contributed by atoms with Gasteiger partial charge in [0.2, 0.25) is 0 Å². The molecule has 1 atom stereocenters. The maximum atomic E-state index is 11.2. The molecule has 0 aromatic carbocycles. The first-order valence-corrected chi connectivity index (χ1v) is 6.05. The summed E-state index contributed by atoms with van der Waals surface area (Å²) in [6.45, 7) is 2.16. The summed E-state index contributed by atoms with van der Waals surface area (Å²) in [4.78, 5) is 21.8. The minimum atomic E-state index is -1.03. The van der Waals surface area contributed by atoms with Gasteiger partial charge in [0.1, 0.15) is 6.04 Å². The van der Waals surface area contributed by atoms with Crippen LogP contribution in [0.15, 0.2) is 0 Å². The van der Waals surface area contributed by atoms with Crippen LogP contribution in [0.1, 0.15) is 13.3 Å². The lowest BCUT2D eigenvalue weighted by Crippen LogP contribution is -2.46. The number of thioether (sulfide) groups is 1. The van der Waals surface area contributed by atoms with Crippen LogP contribution in [-0.2, 0) is 4.79 Å². The van der Waals surface area contributed by atoms with Crippen LogP contribution in [-0.4, -0.2) is 41.2 Å². The van der Waals surface area contributed by atoms with E-state index in [1.165, 1.54) is 11.8 Å². The lowest BCUT2D eigenvalue weighted by Gasteiger charge is -2.12. The van der Waals surface area contributed by atoms with Gasteiger partial charge in [-0.25, -0.2) is 9.59 Å². The van der Waals surface area contributed by atoms with Crippen molar-refractivity contribution in [1.29, 1.82) is 0 Å². The number of carbonyl (C=O) groups is 2. The van der Waals surface area contributed by atoms with Gasteiger partial charge in [-0.15, -0.1) is 18.2 Å². The Kier molecular flexibility index (Phi) is 8.17. The van der Waals surface area contributed by atoms with Gasteiger partial charge in [0.25, 0.3) is 0 Å². The second-order valence-electron chi connectivity index (χ2n) is 2.96. The smallest absolute Gasteiger partial charge is 0.326 e. The maximum Gasteiger partial charge on any atom is 0.326 e. The quantitative estimate of drug-likeness (QED) is 0.450. The zero-order chi connectivity index (χ0) is 12.4. The van der Waals surface area contributed by atoms with Crippen molar-refractivity contribution in [3.8, 4) is 12.3 Å². The number of hydrogen-bond acceptors (Lipinski definition) is 3. The van der Waals surface area contributed by atoms with Crippen molar-refractivity contribution in [2.45, 2.75) is 19.4 Å². The summed E-state index contributed by atoms with van der Waals surface area (Å²) in [5, 5.41) is 13.6. The number of amides is 2. The maximum absolute atomic E-state index is 11.2. The molecular weight excluding hydrogens is 228 g/mol. The SMILES string of the molecule is C#CCSCCNC(=O)N[C@H](CC)C(=O)O. The number of terminal acetylenes is 1. The summed E-state index contributed by atoms with van der Waals surface area (Å²) in [7, 11) is 0. The number of carboxylic acids is 1. The summed E-state index contributed by atoms with van der Waals surface area (Å²) < 4.78 is 0. The third-order valence-corrected chi connectivity index (χ3v) is 2.59. The van der Waals surface area contributed by atoms with Crippen molar-refractivity contribution in [2.24, 2.45) is 0 Å². The highest BCUT2D eigenvalue weighted by molar-refractivity contribution is 7.99. The van der Waals surface area contributed by atoms with E-state index in [0.717, 1.165) is 0 Å². The van der Waals surface area contributed by atoms with Crippen molar-refractivity contribution in [3.63, 3.8) is 0 Å². The highest BCUT2D eigenvalue weighted by atomic mass is 32.2. The molecule has 6 heteroatoms. The van der Waals surface area contributed by atoms with Gasteiger partial charge in [-0.1, -0.05) is 12.8 Å². The van der Waals surface area contributed by atoms with E-state index in [2.05, 4.69) is 16.6 Å². The first-order chi connectivity index (χ1) is 7.61. The van der Waals surface area contributed by atoms with Crippen LogP contribution in [0.2, 0.25) is 0 Å². The molecule has 0 rings (SSSR count). The number of hydrogen-bond donors (Lipinski definition) is 3. The Bertz CT molecular complexity index is 276. The van der Waals surface area contributed by atoms with Crippen LogP contribution in [0.4, 0.5) is 4.79 Å². The summed E-state index contributed by atoms with van der Waals surface area (Å²) in [6, 6.07) is -1.30. The summed E-state index contributed by atoms with van der Waals surface area (Å²) >= 11 is 1.53. The van der Waals surface area contributed by atoms with Crippen molar-refractivity contribution in [1.82, 2.24) is 10.6 Å². The number of nitrogens with one attached hydrogen (secondary N) is 2. The molecule has 90 valence electrons. The molecule has 0 saturated heterocycles. The molecule has 5 nitrogen and oxygen atoms in total. The molecule has 0 radical (unpaired) electrons. The molecule has 0 aliphatic rings. The minimum absolute atomic E-state index is 0.356. The fourth-order valence-electron chi connectivity index (χ4n) is 0.916. The van der Waals surface area contributed by atoms with E-state index in [-0.39, 0.29) is 0 Å². The number of carboxylic acid groups (broad SMARTS) is 1. The number of urea groups is 1. The van der Waals surface area contributed by atoms with Gasteiger partial charge in [-0.2, -0.15) is 0 Å².